The Morgan fingerprint density at radius 3 is 1.74 bits per heavy atom. The van der Waals surface area contributed by atoms with Crippen LogP contribution in [0.25, 0.3) is 5.57 Å². The van der Waals surface area contributed by atoms with Crippen LogP contribution in [0, 0.1) is 0 Å². The number of benzene rings is 2. The van der Waals surface area contributed by atoms with Crippen LogP contribution in [0.3, 0.4) is 0 Å². The molecule has 0 aromatic heterocycles. The highest BCUT2D eigenvalue weighted by molar-refractivity contribution is 6.32. The lowest BCUT2D eigenvalue weighted by Crippen LogP contribution is -2.34. The molecule has 4 radical (unpaired) electrons. The van der Waals surface area contributed by atoms with E-state index in [4.69, 9.17) is 8.85 Å². The maximum atomic E-state index is 10.6. The van der Waals surface area contributed by atoms with Gasteiger partial charge in [-0.3, -0.25) is 0 Å². The number of hydrogen-bond donors (Lipinski definition) is 1. The van der Waals surface area contributed by atoms with Crippen LogP contribution in [-0.4, -0.2) is 30.2 Å². The van der Waals surface area contributed by atoms with Crippen molar-refractivity contribution >= 4 is 25.1 Å². The van der Waals surface area contributed by atoms with Gasteiger partial charge in [0.2, 0.25) is 19.5 Å². The molecule has 3 nitrogen and oxygen atoms in total. The number of aryl methyl sites for hydroxylation is 2. The molecular formula is C38H58O3Si2. The molecule has 0 aliphatic carbocycles. The zero-order valence-corrected chi connectivity index (χ0v) is 31.4. The second kappa shape index (κ2) is 15.0. The zero-order chi connectivity index (χ0) is 32.7. The van der Waals surface area contributed by atoms with Gasteiger partial charge >= 0.3 is 0 Å². The molecule has 1 N–H and O–H groups in total. The van der Waals surface area contributed by atoms with Gasteiger partial charge in [-0.25, -0.2) is 0 Å². The Morgan fingerprint density at radius 2 is 1.23 bits per heavy atom. The fourth-order valence-corrected chi connectivity index (χ4v) is 6.00. The van der Waals surface area contributed by atoms with E-state index in [-0.39, 0.29) is 10.1 Å². The minimum atomic E-state index is -0.728. The van der Waals surface area contributed by atoms with E-state index in [1.54, 1.807) is 0 Å². The highest BCUT2D eigenvalue weighted by Gasteiger charge is 2.34. The van der Waals surface area contributed by atoms with Gasteiger partial charge in [0.05, 0.1) is 16.8 Å². The highest BCUT2D eigenvalue weighted by atomic mass is 28.2. The van der Waals surface area contributed by atoms with Gasteiger partial charge in [0.25, 0.3) is 0 Å². The van der Waals surface area contributed by atoms with Crippen molar-refractivity contribution < 1.29 is 14.0 Å². The van der Waals surface area contributed by atoms with Crippen LogP contribution in [-0.2, 0) is 32.9 Å². The Bertz CT molecular complexity index is 1240. The Hall–Kier alpha value is -1.77. The van der Waals surface area contributed by atoms with Crippen molar-refractivity contribution in [2.75, 3.05) is 0 Å². The predicted octanol–water partition coefficient (Wildman–Crippen LogP) is 10.2. The summed E-state index contributed by atoms with van der Waals surface area (Å²) in [6.07, 6.45) is 9.35. The molecule has 0 unspecified atom stereocenters. The predicted molar refractivity (Wildman–Crippen MR) is 188 cm³/mol. The summed E-state index contributed by atoms with van der Waals surface area (Å²) in [6.45, 7) is 28.3. The molecule has 0 fully saturated rings. The van der Waals surface area contributed by atoms with Gasteiger partial charge in [-0.05, 0) is 104 Å². The van der Waals surface area contributed by atoms with Crippen LogP contribution >= 0.6 is 0 Å². The van der Waals surface area contributed by atoms with E-state index in [0.29, 0.717) is 32.4 Å². The van der Waals surface area contributed by atoms with Gasteiger partial charge in [0.15, 0.2) is 0 Å². The lowest BCUT2D eigenvalue weighted by atomic mass is 9.84. The van der Waals surface area contributed by atoms with E-state index in [1.165, 1.54) is 33.4 Å². The Morgan fingerprint density at radius 1 is 0.721 bits per heavy atom. The number of hydrogen-bond acceptors (Lipinski definition) is 3. The average Bonchev–Trinajstić information content (AvgIpc) is 2.93. The summed E-state index contributed by atoms with van der Waals surface area (Å²) in [5.41, 5.74) is 5.84. The maximum Gasteiger partial charge on any atom is 0.236 e. The molecule has 236 valence electrons. The first-order valence-corrected chi connectivity index (χ1v) is 17.7. The third kappa shape index (κ3) is 12.3. The largest absolute Gasteiger partial charge is 0.408 e. The molecule has 2 aromatic carbocycles. The molecule has 0 heterocycles. The van der Waals surface area contributed by atoms with Crippen LogP contribution in [0.5, 0.6) is 0 Å². The molecule has 0 saturated carbocycles. The third-order valence-electron chi connectivity index (χ3n) is 7.67. The molecule has 0 bridgehead atoms. The van der Waals surface area contributed by atoms with Crippen LogP contribution in [0.2, 0.25) is 10.1 Å². The maximum absolute atomic E-state index is 10.6. The smallest absolute Gasteiger partial charge is 0.236 e. The van der Waals surface area contributed by atoms with E-state index in [9.17, 15) is 5.11 Å². The summed E-state index contributed by atoms with van der Waals surface area (Å²) in [5, 5.41) is 10.8. The molecule has 43 heavy (non-hydrogen) atoms. The molecular weight excluding hydrogens is 561 g/mol. The molecule has 0 aliphatic rings. The second-order valence-corrected chi connectivity index (χ2v) is 18.8. The van der Waals surface area contributed by atoms with E-state index in [0.717, 1.165) is 12.8 Å². The first kappa shape index (κ1) is 37.4. The van der Waals surface area contributed by atoms with Gasteiger partial charge in [0, 0.05) is 0 Å². The summed E-state index contributed by atoms with van der Waals surface area (Å²) >= 11 is 0. The molecule has 2 rings (SSSR count). The minimum Gasteiger partial charge on any atom is -0.408 e. The SMILES string of the molecule is CCC(O)(C=CC=C(C)c1cccc(CCc2ccc(C(C)(C)O[Si]C(C)(C)C)c(C(C)(C)O[Si]C(C)(C)C)c2)c1)CC. The van der Waals surface area contributed by atoms with Crippen LogP contribution in [0.1, 0.15) is 131 Å². The minimum absolute atomic E-state index is 0.106. The fourth-order valence-electron chi connectivity index (χ4n) is 4.66. The van der Waals surface area contributed by atoms with Crippen molar-refractivity contribution in [2.24, 2.45) is 0 Å². The molecule has 2 aromatic rings. The Labute approximate surface area is 269 Å². The first-order valence-electron chi connectivity index (χ1n) is 15.9. The molecule has 0 atom stereocenters. The van der Waals surface area contributed by atoms with E-state index in [2.05, 4.69) is 125 Å². The highest BCUT2D eigenvalue weighted by Crippen LogP contribution is 2.39. The molecule has 5 heteroatoms. The van der Waals surface area contributed by atoms with Crippen molar-refractivity contribution in [3.05, 3.63) is 88.5 Å². The number of rotatable bonds is 14. The molecule has 0 aliphatic heterocycles. The topological polar surface area (TPSA) is 38.7 Å². The molecule has 0 saturated heterocycles. The quantitative estimate of drug-likeness (QED) is 0.169. The third-order valence-corrected chi connectivity index (χ3v) is 10.1. The molecule has 0 spiro atoms. The van der Waals surface area contributed by atoms with E-state index in [1.807, 2.05) is 26.0 Å². The summed E-state index contributed by atoms with van der Waals surface area (Å²) in [7, 11) is 0.795. The fraction of sp³-hybridized carbons (Fsp3) is 0.579. The van der Waals surface area contributed by atoms with Crippen molar-refractivity contribution in [2.45, 2.75) is 143 Å². The first-order chi connectivity index (χ1) is 19.7. The van der Waals surface area contributed by atoms with Crippen LogP contribution < -0.4 is 0 Å². The van der Waals surface area contributed by atoms with Crippen molar-refractivity contribution in [3.8, 4) is 0 Å². The summed E-state index contributed by atoms with van der Waals surface area (Å²) in [4.78, 5) is 0. The summed E-state index contributed by atoms with van der Waals surface area (Å²) in [5.74, 6) is 0. The van der Waals surface area contributed by atoms with Gasteiger partial charge in [-0.2, -0.15) is 0 Å². The lowest BCUT2D eigenvalue weighted by Gasteiger charge is -2.37. The van der Waals surface area contributed by atoms with Crippen molar-refractivity contribution in [1.82, 2.24) is 0 Å². The molecule has 0 amide bonds. The van der Waals surface area contributed by atoms with E-state index < -0.39 is 16.8 Å². The standard InChI is InChI=1S/C38H58O3Si2/c1-14-38(39,15-2)25-17-18-28(3)31-20-16-19-29(26-31)21-22-30-23-24-32(36(10,11)40-42-34(4,5)6)33(27-30)37(12,13)41-43-35(7,8)9/h16-20,23-27,39H,14-15,21-22H2,1-13H3. The Balaban J connectivity index is 2.34. The van der Waals surface area contributed by atoms with Gasteiger partial charge in [0.1, 0.15) is 0 Å². The van der Waals surface area contributed by atoms with Gasteiger partial charge in [-0.15, -0.1) is 0 Å². The van der Waals surface area contributed by atoms with Gasteiger partial charge in [-0.1, -0.05) is 116 Å². The zero-order valence-electron chi connectivity index (χ0n) is 29.4. The van der Waals surface area contributed by atoms with Gasteiger partial charge < -0.3 is 14.0 Å². The summed E-state index contributed by atoms with van der Waals surface area (Å²) < 4.78 is 13.2. The Kier molecular flexibility index (Phi) is 13.1. The normalized spacial score (nSPS) is 14.1. The average molecular weight is 619 g/mol. The monoisotopic (exact) mass is 618 g/mol. The van der Waals surface area contributed by atoms with E-state index >= 15 is 0 Å². The lowest BCUT2D eigenvalue weighted by molar-refractivity contribution is 0.0828. The van der Waals surface area contributed by atoms with Crippen LogP contribution in [0.15, 0.2) is 60.7 Å². The van der Waals surface area contributed by atoms with Crippen molar-refractivity contribution in [3.63, 3.8) is 0 Å². The van der Waals surface area contributed by atoms with Crippen molar-refractivity contribution in [1.29, 1.82) is 0 Å². The van der Waals surface area contributed by atoms with Crippen LogP contribution in [0.4, 0.5) is 0 Å². The summed E-state index contributed by atoms with van der Waals surface area (Å²) in [6, 6.07) is 15.7. The number of allylic oxidation sites excluding steroid dienone is 3. The second-order valence-electron chi connectivity index (χ2n) is 15.0. The number of aliphatic hydroxyl groups is 1.